The van der Waals surface area contributed by atoms with Crippen LogP contribution in [0, 0.1) is 5.92 Å². The summed E-state index contributed by atoms with van der Waals surface area (Å²) in [6.45, 7) is 3.16. The van der Waals surface area contributed by atoms with E-state index in [0.29, 0.717) is 26.2 Å². The lowest BCUT2D eigenvalue weighted by Gasteiger charge is -2.40. The molecule has 1 saturated carbocycles. The SMILES string of the molecule is CCCCn1c(=O)ccn(C2CC(COCc3ccccc3)C2F)c1=O. The number of alkyl halides is 1. The zero-order valence-corrected chi connectivity index (χ0v) is 15.0. The topological polar surface area (TPSA) is 53.2 Å². The Bertz CT molecular complexity index is 831. The molecule has 3 atom stereocenters. The number of rotatable bonds is 8. The highest BCUT2D eigenvalue weighted by Gasteiger charge is 2.43. The van der Waals surface area contributed by atoms with E-state index >= 15 is 0 Å². The van der Waals surface area contributed by atoms with Crippen molar-refractivity contribution in [2.24, 2.45) is 5.92 Å². The molecule has 26 heavy (non-hydrogen) atoms. The largest absolute Gasteiger partial charge is 0.376 e. The van der Waals surface area contributed by atoms with Gasteiger partial charge in [0.25, 0.3) is 5.56 Å². The minimum atomic E-state index is -1.14. The Morgan fingerprint density at radius 1 is 1.19 bits per heavy atom. The smallest absolute Gasteiger partial charge is 0.331 e. The van der Waals surface area contributed by atoms with Crippen LogP contribution in [-0.4, -0.2) is 21.9 Å². The molecule has 1 fully saturated rings. The van der Waals surface area contributed by atoms with Gasteiger partial charge in [-0.05, 0) is 18.4 Å². The molecule has 1 aromatic carbocycles. The van der Waals surface area contributed by atoms with Gasteiger partial charge in [-0.25, -0.2) is 9.18 Å². The summed E-state index contributed by atoms with van der Waals surface area (Å²) in [5.74, 6) is -0.216. The van der Waals surface area contributed by atoms with Crippen LogP contribution >= 0.6 is 0 Å². The van der Waals surface area contributed by atoms with E-state index < -0.39 is 17.9 Å². The molecule has 0 saturated heterocycles. The molecule has 6 heteroatoms. The summed E-state index contributed by atoms with van der Waals surface area (Å²) in [7, 11) is 0. The second kappa shape index (κ2) is 8.45. The average Bonchev–Trinajstić information content (AvgIpc) is 2.65. The number of benzene rings is 1. The average molecular weight is 360 g/mol. The fourth-order valence-corrected chi connectivity index (χ4v) is 3.32. The van der Waals surface area contributed by atoms with Crippen molar-refractivity contribution >= 4 is 0 Å². The standard InChI is InChI=1S/C20H25FN2O3/c1-2-3-10-23-18(24)9-11-22(20(23)25)17-12-16(19(17)21)14-26-13-15-7-5-4-6-8-15/h4-9,11,16-17,19H,2-3,10,12-14H2,1H3. The minimum Gasteiger partial charge on any atom is -0.376 e. The molecule has 0 amide bonds. The Morgan fingerprint density at radius 3 is 2.65 bits per heavy atom. The van der Waals surface area contributed by atoms with E-state index in [0.717, 1.165) is 18.4 Å². The van der Waals surface area contributed by atoms with Crippen molar-refractivity contribution < 1.29 is 9.13 Å². The van der Waals surface area contributed by atoms with Gasteiger partial charge < -0.3 is 4.74 Å². The van der Waals surface area contributed by atoms with Crippen LogP contribution < -0.4 is 11.2 Å². The van der Waals surface area contributed by atoms with Crippen LogP contribution in [0.5, 0.6) is 0 Å². The fourth-order valence-electron chi connectivity index (χ4n) is 3.32. The second-order valence-electron chi connectivity index (χ2n) is 6.86. The van der Waals surface area contributed by atoms with Gasteiger partial charge in [0.05, 0.1) is 19.3 Å². The summed E-state index contributed by atoms with van der Waals surface area (Å²) in [6, 6.07) is 10.6. The van der Waals surface area contributed by atoms with E-state index in [2.05, 4.69) is 0 Å². The van der Waals surface area contributed by atoms with Crippen LogP contribution in [0.15, 0.2) is 52.2 Å². The molecule has 0 bridgehead atoms. The van der Waals surface area contributed by atoms with Gasteiger partial charge in [0.15, 0.2) is 0 Å². The fraction of sp³-hybridized carbons (Fsp3) is 0.500. The van der Waals surface area contributed by atoms with Gasteiger partial charge in [0.1, 0.15) is 6.17 Å². The summed E-state index contributed by atoms with van der Waals surface area (Å²) >= 11 is 0. The maximum Gasteiger partial charge on any atom is 0.331 e. The van der Waals surface area contributed by atoms with Crippen LogP contribution in [0.3, 0.4) is 0 Å². The van der Waals surface area contributed by atoms with Crippen LogP contribution in [-0.2, 0) is 17.9 Å². The molecule has 3 rings (SSSR count). The Labute approximate surface area is 152 Å². The molecule has 5 nitrogen and oxygen atoms in total. The molecule has 1 aliphatic rings. The summed E-state index contributed by atoms with van der Waals surface area (Å²) in [6.07, 6.45) is 2.46. The van der Waals surface area contributed by atoms with Gasteiger partial charge in [0, 0.05) is 24.7 Å². The Morgan fingerprint density at radius 2 is 1.96 bits per heavy atom. The van der Waals surface area contributed by atoms with Gasteiger partial charge in [-0.3, -0.25) is 13.9 Å². The number of unbranched alkanes of at least 4 members (excludes halogenated alkanes) is 1. The summed E-state index contributed by atoms with van der Waals surface area (Å²) in [5, 5.41) is 0. The van der Waals surface area contributed by atoms with E-state index in [4.69, 9.17) is 4.74 Å². The molecule has 1 aliphatic carbocycles. The normalized spacial score (nSPS) is 22.2. The Kier molecular flexibility index (Phi) is 6.04. The number of hydrogen-bond donors (Lipinski definition) is 0. The predicted octanol–water partition coefficient (Wildman–Crippen LogP) is 2.93. The van der Waals surface area contributed by atoms with Gasteiger partial charge in [-0.2, -0.15) is 0 Å². The van der Waals surface area contributed by atoms with Crippen molar-refractivity contribution in [2.75, 3.05) is 6.61 Å². The van der Waals surface area contributed by atoms with Gasteiger partial charge in [-0.15, -0.1) is 0 Å². The van der Waals surface area contributed by atoms with Crippen molar-refractivity contribution in [1.29, 1.82) is 0 Å². The van der Waals surface area contributed by atoms with E-state index in [1.54, 1.807) is 0 Å². The molecule has 0 radical (unpaired) electrons. The summed E-state index contributed by atoms with van der Waals surface area (Å²) < 4.78 is 22.8. The number of nitrogens with zero attached hydrogens (tertiary/aromatic N) is 2. The number of aromatic nitrogens is 2. The molecule has 2 aromatic rings. The van der Waals surface area contributed by atoms with Crippen molar-refractivity contribution in [1.82, 2.24) is 9.13 Å². The molecule has 0 N–H and O–H groups in total. The Hall–Kier alpha value is -2.21. The third-order valence-electron chi connectivity index (χ3n) is 4.99. The third kappa shape index (κ3) is 3.96. The van der Waals surface area contributed by atoms with E-state index in [1.165, 1.54) is 21.4 Å². The lowest BCUT2D eigenvalue weighted by Crippen LogP contribution is -2.49. The molecular weight excluding hydrogens is 335 g/mol. The first-order chi connectivity index (χ1) is 12.6. The summed E-state index contributed by atoms with van der Waals surface area (Å²) in [5.41, 5.74) is 0.317. The van der Waals surface area contributed by atoms with Gasteiger partial charge in [-0.1, -0.05) is 43.7 Å². The molecule has 140 valence electrons. The summed E-state index contributed by atoms with van der Waals surface area (Å²) in [4.78, 5) is 24.4. The lowest BCUT2D eigenvalue weighted by atomic mass is 9.78. The van der Waals surface area contributed by atoms with E-state index in [-0.39, 0.29) is 11.5 Å². The first kappa shape index (κ1) is 18.6. The number of halogens is 1. The molecule has 1 heterocycles. The molecule has 1 aromatic heterocycles. The highest BCUT2D eigenvalue weighted by molar-refractivity contribution is 5.13. The van der Waals surface area contributed by atoms with E-state index in [1.807, 2.05) is 37.3 Å². The van der Waals surface area contributed by atoms with Gasteiger partial charge >= 0.3 is 5.69 Å². The minimum absolute atomic E-state index is 0.216. The first-order valence-corrected chi connectivity index (χ1v) is 9.19. The number of ether oxygens (including phenoxy) is 1. The van der Waals surface area contributed by atoms with Crippen LogP contribution in [0.4, 0.5) is 4.39 Å². The quantitative estimate of drug-likeness (QED) is 0.727. The molecule has 0 spiro atoms. The second-order valence-corrected chi connectivity index (χ2v) is 6.86. The maximum atomic E-state index is 14.6. The predicted molar refractivity (Wildman–Crippen MR) is 98.0 cm³/mol. The molecular formula is C20H25FN2O3. The zero-order valence-electron chi connectivity index (χ0n) is 15.0. The van der Waals surface area contributed by atoms with Crippen molar-refractivity contribution in [2.45, 2.75) is 51.6 Å². The van der Waals surface area contributed by atoms with Gasteiger partial charge in [0.2, 0.25) is 0 Å². The lowest BCUT2D eigenvalue weighted by molar-refractivity contribution is -0.0319. The van der Waals surface area contributed by atoms with Crippen LogP contribution in [0.1, 0.15) is 37.8 Å². The highest BCUT2D eigenvalue weighted by Crippen LogP contribution is 2.40. The van der Waals surface area contributed by atoms with Crippen LogP contribution in [0.2, 0.25) is 0 Å². The maximum absolute atomic E-state index is 14.6. The highest BCUT2D eigenvalue weighted by atomic mass is 19.1. The van der Waals surface area contributed by atoms with Crippen molar-refractivity contribution in [3.8, 4) is 0 Å². The van der Waals surface area contributed by atoms with Crippen LogP contribution in [0.25, 0.3) is 0 Å². The molecule has 3 unspecified atom stereocenters. The van der Waals surface area contributed by atoms with Crippen molar-refractivity contribution in [3.63, 3.8) is 0 Å². The molecule has 0 aliphatic heterocycles. The Balaban J connectivity index is 1.59. The first-order valence-electron chi connectivity index (χ1n) is 9.19. The van der Waals surface area contributed by atoms with Crippen molar-refractivity contribution in [3.05, 3.63) is 69.0 Å². The monoisotopic (exact) mass is 360 g/mol. The third-order valence-corrected chi connectivity index (χ3v) is 4.99. The number of hydrogen-bond acceptors (Lipinski definition) is 3. The van der Waals surface area contributed by atoms with E-state index in [9.17, 15) is 14.0 Å². The zero-order chi connectivity index (χ0) is 18.5.